The molecule has 28 heavy (non-hydrogen) atoms. The normalized spacial score (nSPS) is 18.7. The van der Waals surface area contributed by atoms with Gasteiger partial charge in [-0.15, -0.1) is 0 Å². The van der Waals surface area contributed by atoms with E-state index in [1.165, 1.54) is 24.0 Å². The largest absolute Gasteiger partial charge is 0.378 e. The maximum Gasteiger partial charge on any atom is 0.232 e. The summed E-state index contributed by atoms with van der Waals surface area (Å²) < 4.78 is 5.50. The summed E-state index contributed by atoms with van der Waals surface area (Å²) in [6.45, 7) is 4.83. The Bertz CT molecular complexity index is 856. The van der Waals surface area contributed by atoms with Crippen molar-refractivity contribution in [2.45, 2.75) is 32.0 Å². The van der Waals surface area contributed by atoms with Crippen LogP contribution in [0.15, 0.2) is 30.3 Å². The predicted molar refractivity (Wildman–Crippen MR) is 114 cm³/mol. The predicted octanol–water partition coefficient (Wildman–Crippen LogP) is 2.28. The third kappa shape index (κ3) is 3.88. The van der Waals surface area contributed by atoms with Gasteiger partial charge in [0, 0.05) is 38.3 Å². The van der Waals surface area contributed by atoms with Crippen molar-refractivity contribution in [3.8, 4) is 0 Å². The molecule has 0 bridgehead atoms. The zero-order chi connectivity index (χ0) is 18.9. The number of aromatic nitrogens is 2. The van der Waals surface area contributed by atoms with Crippen LogP contribution in [-0.4, -0.2) is 47.4 Å². The lowest BCUT2D eigenvalue weighted by molar-refractivity contribution is 0.122. The second-order valence-corrected chi connectivity index (χ2v) is 7.91. The molecular weight excluding hydrogens is 372 g/mol. The fourth-order valence-corrected chi connectivity index (χ4v) is 3.90. The Balaban J connectivity index is 1.41. The Morgan fingerprint density at radius 2 is 1.64 bits per heavy atom. The van der Waals surface area contributed by atoms with Gasteiger partial charge in [0.25, 0.3) is 0 Å². The van der Waals surface area contributed by atoms with Crippen molar-refractivity contribution in [3.63, 3.8) is 0 Å². The second kappa shape index (κ2) is 7.52. The Kier molecular flexibility index (Phi) is 4.74. The van der Waals surface area contributed by atoms with Crippen LogP contribution in [-0.2, 0) is 17.8 Å². The summed E-state index contributed by atoms with van der Waals surface area (Å²) in [5.74, 6) is 2.39. The highest BCUT2D eigenvalue weighted by Gasteiger charge is 2.24. The van der Waals surface area contributed by atoms with Gasteiger partial charge >= 0.3 is 0 Å². The average Bonchev–Trinajstić information content (AvgIpc) is 3.42. The van der Waals surface area contributed by atoms with Gasteiger partial charge in [0.05, 0.1) is 13.2 Å². The van der Waals surface area contributed by atoms with Gasteiger partial charge in [-0.1, -0.05) is 24.3 Å². The van der Waals surface area contributed by atoms with Gasteiger partial charge in [0.1, 0.15) is 11.6 Å². The fourth-order valence-electron chi connectivity index (χ4n) is 3.64. The molecule has 146 valence electrons. The minimum absolute atomic E-state index is 0.495. The highest BCUT2D eigenvalue weighted by molar-refractivity contribution is 7.80. The summed E-state index contributed by atoms with van der Waals surface area (Å²) in [4.78, 5) is 14.1. The van der Waals surface area contributed by atoms with Crippen molar-refractivity contribution in [2.75, 3.05) is 41.4 Å². The van der Waals surface area contributed by atoms with Crippen molar-refractivity contribution in [3.05, 3.63) is 41.5 Å². The Morgan fingerprint density at radius 1 is 1.00 bits per heavy atom. The van der Waals surface area contributed by atoms with E-state index in [9.17, 15) is 0 Å². The molecule has 1 aromatic carbocycles. The van der Waals surface area contributed by atoms with Gasteiger partial charge in [-0.25, -0.2) is 0 Å². The molecule has 1 saturated carbocycles. The molecule has 0 unspecified atom stereocenters. The summed E-state index contributed by atoms with van der Waals surface area (Å²) in [6.07, 6.45) is 2.35. The molecule has 0 spiro atoms. The van der Waals surface area contributed by atoms with Crippen molar-refractivity contribution >= 4 is 34.9 Å². The van der Waals surface area contributed by atoms with Crippen LogP contribution < -0.4 is 20.4 Å². The SMILES string of the molecule is S=C(Nc1nc(N2CCOCC2)cc(N2Cc3ccccc3C2)n1)NC1CC1. The van der Waals surface area contributed by atoms with E-state index in [2.05, 4.69) is 50.8 Å². The van der Waals surface area contributed by atoms with E-state index in [0.29, 0.717) is 17.1 Å². The standard InChI is InChI=1S/C20H24N6OS/c28-20(21-16-5-6-16)24-19-22-17(25-7-9-27-10-8-25)11-18(23-19)26-12-14-3-1-2-4-15(14)13-26/h1-4,11,16H,5-10,12-13H2,(H2,21,22,23,24,28). The van der Waals surface area contributed by atoms with Gasteiger partial charge in [0.15, 0.2) is 5.11 Å². The van der Waals surface area contributed by atoms with Crippen LogP contribution in [0.4, 0.5) is 17.6 Å². The number of anilines is 3. The van der Waals surface area contributed by atoms with E-state index in [0.717, 1.165) is 51.0 Å². The summed E-state index contributed by atoms with van der Waals surface area (Å²) in [7, 11) is 0. The lowest BCUT2D eigenvalue weighted by Gasteiger charge is -2.29. The number of ether oxygens (including phenoxy) is 1. The third-order valence-electron chi connectivity index (χ3n) is 5.34. The zero-order valence-corrected chi connectivity index (χ0v) is 16.5. The summed E-state index contributed by atoms with van der Waals surface area (Å²) >= 11 is 5.44. The van der Waals surface area contributed by atoms with Crippen molar-refractivity contribution in [1.29, 1.82) is 0 Å². The molecule has 2 aliphatic heterocycles. The lowest BCUT2D eigenvalue weighted by Crippen LogP contribution is -2.37. The number of nitrogens with zero attached hydrogens (tertiary/aromatic N) is 4. The van der Waals surface area contributed by atoms with Gasteiger partial charge < -0.3 is 25.2 Å². The first-order chi connectivity index (χ1) is 13.7. The first-order valence-electron chi connectivity index (χ1n) is 9.86. The van der Waals surface area contributed by atoms with Crippen LogP contribution in [0, 0.1) is 0 Å². The molecule has 2 N–H and O–H groups in total. The van der Waals surface area contributed by atoms with E-state index in [-0.39, 0.29) is 0 Å². The monoisotopic (exact) mass is 396 g/mol. The van der Waals surface area contributed by atoms with E-state index >= 15 is 0 Å². The second-order valence-electron chi connectivity index (χ2n) is 7.50. The van der Waals surface area contributed by atoms with E-state index < -0.39 is 0 Å². The van der Waals surface area contributed by atoms with Gasteiger partial charge in [-0.05, 0) is 36.2 Å². The van der Waals surface area contributed by atoms with Crippen molar-refractivity contribution < 1.29 is 4.74 Å². The lowest BCUT2D eigenvalue weighted by atomic mass is 10.1. The molecule has 1 saturated heterocycles. The highest BCUT2D eigenvalue weighted by atomic mass is 32.1. The average molecular weight is 397 g/mol. The molecule has 7 nitrogen and oxygen atoms in total. The molecule has 1 aromatic heterocycles. The fraction of sp³-hybridized carbons (Fsp3) is 0.450. The first-order valence-corrected chi connectivity index (χ1v) is 10.3. The third-order valence-corrected chi connectivity index (χ3v) is 5.56. The molecule has 0 amide bonds. The van der Waals surface area contributed by atoms with Crippen LogP contribution in [0.2, 0.25) is 0 Å². The topological polar surface area (TPSA) is 65.5 Å². The van der Waals surface area contributed by atoms with E-state index in [1.807, 2.05) is 0 Å². The molecular formula is C20H24N6OS. The van der Waals surface area contributed by atoms with Crippen LogP contribution in [0.1, 0.15) is 24.0 Å². The number of fused-ring (bicyclic) bond motifs is 1. The number of nitrogens with one attached hydrogen (secondary N) is 2. The number of hydrogen-bond acceptors (Lipinski definition) is 6. The first kappa shape index (κ1) is 17.6. The molecule has 3 aliphatic rings. The van der Waals surface area contributed by atoms with Crippen LogP contribution in [0.3, 0.4) is 0 Å². The minimum Gasteiger partial charge on any atom is -0.378 e. The maximum atomic E-state index is 5.50. The van der Waals surface area contributed by atoms with Crippen LogP contribution >= 0.6 is 12.2 Å². The molecule has 2 fully saturated rings. The molecule has 0 atom stereocenters. The van der Waals surface area contributed by atoms with Gasteiger partial charge in [-0.2, -0.15) is 9.97 Å². The number of rotatable bonds is 4. The minimum atomic E-state index is 0.495. The van der Waals surface area contributed by atoms with Gasteiger partial charge in [-0.3, -0.25) is 0 Å². The molecule has 5 rings (SSSR count). The number of morpholine rings is 1. The molecule has 2 aromatic rings. The smallest absolute Gasteiger partial charge is 0.232 e. The summed E-state index contributed by atoms with van der Waals surface area (Å²) in [6, 6.07) is 11.1. The summed E-state index contributed by atoms with van der Waals surface area (Å²) in [5.41, 5.74) is 2.71. The zero-order valence-electron chi connectivity index (χ0n) is 15.7. The number of thiocarbonyl (C=S) groups is 1. The number of hydrogen-bond donors (Lipinski definition) is 2. The van der Waals surface area contributed by atoms with Crippen LogP contribution in [0.5, 0.6) is 0 Å². The Labute approximate surface area is 170 Å². The Morgan fingerprint density at radius 3 is 2.29 bits per heavy atom. The molecule has 3 heterocycles. The summed E-state index contributed by atoms with van der Waals surface area (Å²) in [5, 5.41) is 7.08. The van der Waals surface area contributed by atoms with Crippen LogP contribution in [0.25, 0.3) is 0 Å². The molecule has 8 heteroatoms. The highest BCUT2D eigenvalue weighted by Crippen LogP contribution is 2.30. The number of benzene rings is 1. The van der Waals surface area contributed by atoms with E-state index in [4.69, 9.17) is 26.9 Å². The van der Waals surface area contributed by atoms with Crippen molar-refractivity contribution in [1.82, 2.24) is 15.3 Å². The molecule has 1 aliphatic carbocycles. The quantitative estimate of drug-likeness (QED) is 0.763. The Hall–Kier alpha value is -2.45. The maximum absolute atomic E-state index is 5.50. The molecule has 0 radical (unpaired) electrons. The van der Waals surface area contributed by atoms with Gasteiger partial charge in [0.2, 0.25) is 5.95 Å². The van der Waals surface area contributed by atoms with Crippen molar-refractivity contribution in [2.24, 2.45) is 0 Å². The van der Waals surface area contributed by atoms with E-state index in [1.54, 1.807) is 0 Å².